The van der Waals surface area contributed by atoms with Crippen LogP contribution in [0.4, 0.5) is 0 Å². The molecule has 0 fully saturated rings. The van der Waals surface area contributed by atoms with Crippen LogP contribution in [0.25, 0.3) is 0 Å². The van der Waals surface area contributed by atoms with Crippen LogP contribution in [0.2, 0.25) is 0 Å². The molecular formula is C9H11N2O4+. The lowest BCUT2D eigenvalue weighted by atomic mass is 10.2. The number of carboxylic acids is 2. The zero-order valence-corrected chi connectivity index (χ0v) is 8.12. The third-order valence-electron chi connectivity index (χ3n) is 1.90. The van der Waals surface area contributed by atoms with Gasteiger partial charge in [-0.1, -0.05) is 4.98 Å². The molecule has 1 rings (SSSR count). The van der Waals surface area contributed by atoms with Gasteiger partial charge in [-0.15, -0.1) is 0 Å². The SMILES string of the molecule is Cc1cc[n+](C(CC(=O)O)C(=O)O)cn1. The molecule has 1 unspecified atom stereocenters. The molecule has 80 valence electrons. The van der Waals surface area contributed by atoms with Crippen LogP contribution in [0, 0.1) is 6.92 Å². The van der Waals surface area contributed by atoms with Crippen molar-refractivity contribution in [1.29, 1.82) is 0 Å². The molecule has 1 heterocycles. The average Bonchev–Trinajstić information content (AvgIpc) is 2.15. The van der Waals surface area contributed by atoms with Crippen molar-refractivity contribution in [2.45, 2.75) is 19.4 Å². The Hall–Kier alpha value is -1.98. The lowest BCUT2D eigenvalue weighted by Crippen LogP contribution is -2.45. The Morgan fingerprint density at radius 2 is 2.20 bits per heavy atom. The molecule has 0 radical (unpaired) electrons. The summed E-state index contributed by atoms with van der Waals surface area (Å²) in [7, 11) is 0. The molecule has 6 heteroatoms. The number of carbonyl (C=O) groups is 2. The highest BCUT2D eigenvalue weighted by Crippen LogP contribution is 2.02. The van der Waals surface area contributed by atoms with Crippen LogP contribution in [-0.4, -0.2) is 27.1 Å². The summed E-state index contributed by atoms with van der Waals surface area (Å²) in [5.74, 6) is -2.34. The van der Waals surface area contributed by atoms with Crippen molar-refractivity contribution in [3.8, 4) is 0 Å². The van der Waals surface area contributed by atoms with Gasteiger partial charge in [-0.3, -0.25) is 4.79 Å². The zero-order valence-electron chi connectivity index (χ0n) is 8.12. The molecule has 6 nitrogen and oxygen atoms in total. The largest absolute Gasteiger partial charge is 0.481 e. The summed E-state index contributed by atoms with van der Waals surface area (Å²) in [4.78, 5) is 25.2. The monoisotopic (exact) mass is 211 g/mol. The molecular weight excluding hydrogens is 200 g/mol. The average molecular weight is 211 g/mol. The van der Waals surface area contributed by atoms with Crippen molar-refractivity contribution in [2.75, 3.05) is 0 Å². The molecule has 2 N–H and O–H groups in total. The van der Waals surface area contributed by atoms with E-state index < -0.39 is 24.4 Å². The highest BCUT2D eigenvalue weighted by molar-refractivity contribution is 5.77. The van der Waals surface area contributed by atoms with E-state index in [1.54, 1.807) is 13.0 Å². The lowest BCUT2D eigenvalue weighted by molar-refractivity contribution is -0.712. The van der Waals surface area contributed by atoms with Crippen LogP contribution in [0.1, 0.15) is 18.2 Å². The normalized spacial score (nSPS) is 12.1. The van der Waals surface area contributed by atoms with E-state index in [0.717, 1.165) is 5.69 Å². The molecule has 0 saturated carbocycles. The maximum atomic E-state index is 10.8. The number of aryl methyl sites for hydroxylation is 1. The van der Waals surface area contributed by atoms with E-state index in [4.69, 9.17) is 10.2 Å². The highest BCUT2D eigenvalue weighted by Gasteiger charge is 2.26. The second kappa shape index (κ2) is 4.50. The van der Waals surface area contributed by atoms with E-state index >= 15 is 0 Å². The predicted molar refractivity (Wildman–Crippen MR) is 48.1 cm³/mol. The van der Waals surface area contributed by atoms with Gasteiger partial charge in [0.05, 0.1) is 12.6 Å². The van der Waals surface area contributed by atoms with Gasteiger partial charge in [-0.2, -0.15) is 0 Å². The van der Waals surface area contributed by atoms with Crippen LogP contribution >= 0.6 is 0 Å². The van der Waals surface area contributed by atoms with Crippen LogP contribution in [0.5, 0.6) is 0 Å². The maximum Gasteiger partial charge on any atom is 0.349 e. The number of aromatic nitrogens is 2. The van der Waals surface area contributed by atoms with Crippen molar-refractivity contribution < 1.29 is 24.4 Å². The van der Waals surface area contributed by atoms with Gasteiger partial charge in [0.25, 0.3) is 6.33 Å². The first-order chi connectivity index (χ1) is 7.00. The van der Waals surface area contributed by atoms with E-state index in [2.05, 4.69) is 4.98 Å². The molecule has 0 aliphatic heterocycles. The van der Waals surface area contributed by atoms with Crippen LogP contribution in [0.15, 0.2) is 18.6 Å². The predicted octanol–water partition coefficient (Wildman–Crippen LogP) is -0.222. The van der Waals surface area contributed by atoms with Crippen LogP contribution in [-0.2, 0) is 9.59 Å². The fraction of sp³-hybridized carbons (Fsp3) is 0.333. The van der Waals surface area contributed by atoms with E-state index in [9.17, 15) is 9.59 Å². The third kappa shape index (κ3) is 3.01. The number of aliphatic carboxylic acids is 2. The Balaban J connectivity index is 2.94. The zero-order chi connectivity index (χ0) is 11.4. The van der Waals surface area contributed by atoms with Gasteiger partial charge in [0.15, 0.2) is 5.69 Å². The second-order valence-electron chi connectivity index (χ2n) is 3.10. The Kier molecular flexibility index (Phi) is 3.33. The summed E-state index contributed by atoms with van der Waals surface area (Å²) in [5, 5.41) is 17.4. The summed E-state index contributed by atoms with van der Waals surface area (Å²) < 4.78 is 1.27. The van der Waals surface area contributed by atoms with Gasteiger partial charge < -0.3 is 10.2 Å². The third-order valence-corrected chi connectivity index (χ3v) is 1.90. The fourth-order valence-electron chi connectivity index (χ4n) is 1.10. The standard InChI is InChI=1S/C9H10N2O4/c1-6-2-3-11(5-10-6)7(9(14)15)4-8(12)13/h2-3,5,7H,4H2,1H3,(H-,12,13,14,15)/p+1. The van der Waals surface area contributed by atoms with E-state index in [0.29, 0.717) is 0 Å². The summed E-state index contributed by atoms with van der Waals surface area (Å²) in [5.41, 5.74) is 0.741. The van der Waals surface area contributed by atoms with Crippen molar-refractivity contribution in [1.82, 2.24) is 4.98 Å². The molecule has 1 aromatic rings. The summed E-state index contributed by atoms with van der Waals surface area (Å²) in [6.45, 7) is 1.76. The number of rotatable bonds is 4. The van der Waals surface area contributed by atoms with Crippen molar-refractivity contribution >= 4 is 11.9 Å². The minimum atomic E-state index is -1.19. The van der Waals surface area contributed by atoms with Gasteiger partial charge in [-0.25, -0.2) is 9.36 Å². The van der Waals surface area contributed by atoms with Gasteiger partial charge in [-0.05, 0) is 0 Å². The Morgan fingerprint density at radius 3 is 2.60 bits per heavy atom. The topological polar surface area (TPSA) is 91.4 Å². The molecule has 0 aliphatic rings. The minimum absolute atomic E-state index is 0.468. The second-order valence-corrected chi connectivity index (χ2v) is 3.10. The van der Waals surface area contributed by atoms with Crippen molar-refractivity contribution in [2.24, 2.45) is 0 Å². The molecule has 0 amide bonds. The van der Waals surface area contributed by atoms with Crippen molar-refractivity contribution in [3.63, 3.8) is 0 Å². The minimum Gasteiger partial charge on any atom is -0.481 e. The smallest absolute Gasteiger partial charge is 0.349 e. The molecule has 0 bridgehead atoms. The van der Waals surface area contributed by atoms with Crippen LogP contribution in [0.3, 0.4) is 0 Å². The van der Waals surface area contributed by atoms with E-state index in [-0.39, 0.29) is 0 Å². The fourth-order valence-corrected chi connectivity index (χ4v) is 1.10. The molecule has 1 aromatic heterocycles. The number of hydrogen-bond acceptors (Lipinski definition) is 3. The summed E-state index contributed by atoms with van der Waals surface area (Å²) >= 11 is 0. The lowest BCUT2D eigenvalue weighted by Gasteiger charge is -2.06. The molecule has 1 atom stereocenters. The quantitative estimate of drug-likeness (QED) is 0.671. The van der Waals surface area contributed by atoms with Crippen molar-refractivity contribution in [3.05, 3.63) is 24.3 Å². The number of carboxylic acid groups (broad SMARTS) is 2. The van der Waals surface area contributed by atoms with Gasteiger partial charge in [0, 0.05) is 13.0 Å². The Morgan fingerprint density at radius 1 is 1.53 bits per heavy atom. The first kappa shape index (κ1) is 11.1. The number of nitrogens with zero attached hydrogens (tertiary/aromatic N) is 2. The molecule has 0 aromatic carbocycles. The van der Waals surface area contributed by atoms with Gasteiger partial charge in [0.2, 0.25) is 6.04 Å². The van der Waals surface area contributed by atoms with Crippen LogP contribution < -0.4 is 4.57 Å². The molecule has 0 aliphatic carbocycles. The first-order valence-corrected chi connectivity index (χ1v) is 4.28. The number of hydrogen-bond donors (Lipinski definition) is 2. The van der Waals surface area contributed by atoms with Gasteiger partial charge >= 0.3 is 11.9 Å². The summed E-state index contributed by atoms with van der Waals surface area (Å²) in [6, 6.07) is 0.508. The Bertz CT molecular complexity index is 374. The Labute approximate surface area is 85.8 Å². The van der Waals surface area contributed by atoms with E-state index in [1.165, 1.54) is 17.1 Å². The first-order valence-electron chi connectivity index (χ1n) is 4.28. The maximum absolute atomic E-state index is 10.8. The molecule has 15 heavy (non-hydrogen) atoms. The van der Waals surface area contributed by atoms with E-state index in [1.807, 2.05) is 0 Å². The van der Waals surface area contributed by atoms with Gasteiger partial charge in [0.1, 0.15) is 0 Å². The highest BCUT2D eigenvalue weighted by atomic mass is 16.4. The summed E-state index contributed by atoms with van der Waals surface area (Å²) in [6.07, 6.45) is 2.35. The molecule has 0 spiro atoms. The molecule has 0 saturated heterocycles.